The lowest BCUT2D eigenvalue weighted by Gasteiger charge is -2.23. The quantitative estimate of drug-likeness (QED) is 0.834. The van der Waals surface area contributed by atoms with E-state index in [0.29, 0.717) is 5.92 Å². The number of imidazole rings is 1. The number of rotatable bonds is 2. The molecule has 1 aliphatic rings. The number of nitrogen functional groups attached to an aromatic ring is 1. The van der Waals surface area contributed by atoms with Gasteiger partial charge in [0.15, 0.2) is 0 Å². The third kappa shape index (κ3) is 1.72. The number of nitrogens with two attached hydrogens (primary N) is 1. The van der Waals surface area contributed by atoms with Gasteiger partial charge in [0.2, 0.25) is 0 Å². The second-order valence-electron chi connectivity index (χ2n) is 5.83. The van der Waals surface area contributed by atoms with E-state index in [9.17, 15) is 0 Å². The van der Waals surface area contributed by atoms with E-state index in [4.69, 9.17) is 10.7 Å². The molecule has 90 valence electrons. The second-order valence-corrected chi connectivity index (χ2v) is 5.83. The van der Waals surface area contributed by atoms with Gasteiger partial charge in [0.05, 0.1) is 5.69 Å². The van der Waals surface area contributed by atoms with Crippen molar-refractivity contribution in [1.82, 2.24) is 9.55 Å². The van der Waals surface area contributed by atoms with Crippen LogP contribution in [-0.4, -0.2) is 9.55 Å². The standard InChI is InChI=1S/C13H23N3/c1-5-16-11(14)10(9-7-6-8-9)15-12(16)13(2,3)4/h9H,5-8,14H2,1-4H3. The minimum absolute atomic E-state index is 0.0755. The summed E-state index contributed by atoms with van der Waals surface area (Å²) in [6, 6.07) is 0. The molecule has 0 saturated heterocycles. The Hall–Kier alpha value is -0.990. The van der Waals surface area contributed by atoms with Crippen LogP contribution in [0.5, 0.6) is 0 Å². The lowest BCUT2D eigenvalue weighted by atomic mass is 9.83. The Morgan fingerprint density at radius 1 is 1.38 bits per heavy atom. The first-order chi connectivity index (χ1) is 7.45. The van der Waals surface area contributed by atoms with Gasteiger partial charge >= 0.3 is 0 Å². The molecule has 2 rings (SSSR count). The van der Waals surface area contributed by atoms with E-state index in [2.05, 4.69) is 32.3 Å². The van der Waals surface area contributed by atoms with Gasteiger partial charge < -0.3 is 10.3 Å². The fraction of sp³-hybridized carbons (Fsp3) is 0.769. The highest BCUT2D eigenvalue weighted by molar-refractivity contribution is 5.42. The molecule has 1 heterocycles. The molecule has 2 N–H and O–H groups in total. The SMILES string of the molecule is CCn1c(C(C)(C)C)nc(C2CCC2)c1N. The van der Waals surface area contributed by atoms with Gasteiger partial charge in [-0.3, -0.25) is 0 Å². The highest BCUT2D eigenvalue weighted by Gasteiger charge is 2.30. The second kappa shape index (κ2) is 3.79. The molecule has 0 atom stereocenters. The number of hydrogen-bond donors (Lipinski definition) is 1. The largest absolute Gasteiger partial charge is 0.384 e. The monoisotopic (exact) mass is 221 g/mol. The summed E-state index contributed by atoms with van der Waals surface area (Å²) < 4.78 is 2.17. The first kappa shape index (κ1) is 11.5. The van der Waals surface area contributed by atoms with Crippen LogP contribution in [0, 0.1) is 0 Å². The van der Waals surface area contributed by atoms with Crippen LogP contribution in [0.25, 0.3) is 0 Å². The maximum absolute atomic E-state index is 6.22. The topological polar surface area (TPSA) is 43.8 Å². The van der Waals surface area contributed by atoms with Gasteiger partial charge in [-0.1, -0.05) is 27.2 Å². The predicted molar refractivity (Wildman–Crippen MR) is 67.6 cm³/mol. The normalized spacial score (nSPS) is 17.5. The van der Waals surface area contributed by atoms with E-state index in [-0.39, 0.29) is 5.41 Å². The average molecular weight is 221 g/mol. The molecule has 1 aliphatic carbocycles. The van der Waals surface area contributed by atoms with Crippen LogP contribution in [0.3, 0.4) is 0 Å². The number of aromatic nitrogens is 2. The van der Waals surface area contributed by atoms with Crippen LogP contribution < -0.4 is 5.73 Å². The van der Waals surface area contributed by atoms with E-state index < -0.39 is 0 Å². The van der Waals surface area contributed by atoms with Gasteiger partial charge in [-0.2, -0.15) is 0 Å². The molecule has 0 unspecified atom stereocenters. The van der Waals surface area contributed by atoms with Crippen molar-refractivity contribution in [3.63, 3.8) is 0 Å². The summed E-state index contributed by atoms with van der Waals surface area (Å²) in [6.07, 6.45) is 3.84. The minimum atomic E-state index is 0.0755. The van der Waals surface area contributed by atoms with Crippen molar-refractivity contribution in [3.8, 4) is 0 Å². The van der Waals surface area contributed by atoms with E-state index >= 15 is 0 Å². The first-order valence-electron chi connectivity index (χ1n) is 6.31. The fourth-order valence-electron chi connectivity index (χ4n) is 2.36. The van der Waals surface area contributed by atoms with Gasteiger partial charge in [0, 0.05) is 17.9 Å². The molecule has 1 saturated carbocycles. The van der Waals surface area contributed by atoms with E-state index in [1.165, 1.54) is 19.3 Å². The van der Waals surface area contributed by atoms with Crippen molar-refractivity contribution in [3.05, 3.63) is 11.5 Å². The Balaban J connectivity index is 2.45. The Labute approximate surface area is 98.1 Å². The molecule has 1 fully saturated rings. The molecule has 3 heteroatoms. The number of anilines is 1. The molecule has 0 aliphatic heterocycles. The highest BCUT2D eigenvalue weighted by atomic mass is 15.1. The molecule has 0 aromatic carbocycles. The predicted octanol–water partition coefficient (Wildman–Crippen LogP) is 3.05. The first-order valence-corrected chi connectivity index (χ1v) is 6.31. The average Bonchev–Trinajstić information content (AvgIpc) is 2.40. The Morgan fingerprint density at radius 2 is 2.00 bits per heavy atom. The van der Waals surface area contributed by atoms with Crippen LogP contribution in [0.2, 0.25) is 0 Å². The maximum atomic E-state index is 6.22. The van der Waals surface area contributed by atoms with Gasteiger partial charge in [-0.15, -0.1) is 0 Å². The third-order valence-corrected chi connectivity index (χ3v) is 3.51. The molecule has 0 spiro atoms. The Bertz CT molecular complexity index is 381. The number of nitrogens with zero attached hydrogens (tertiary/aromatic N) is 2. The molecular formula is C13H23N3. The molecule has 0 amide bonds. The Morgan fingerprint density at radius 3 is 2.31 bits per heavy atom. The molecular weight excluding hydrogens is 198 g/mol. The smallest absolute Gasteiger partial charge is 0.127 e. The van der Waals surface area contributed by atoms with Gasteiger partial charge in [0.1, 0.15) is 11.6 Å². The zero-order valence-corrected chi connectivity index (χ0v) is 10.9. The van der Waals surface area contributed by atoms with Crippen LogP contribution in [0.15, 0.2) is 0 Å². The summed E-state index contributed by atoms with van der Waals surface area (Å²) in [6.45, 7) is 9.65. The van der Waals surface area contributed by atoms with Crippen LogP contribution in [0.4, 0.5) is 5.82 Å². The Kier molecular flexibility index (Phi) is 2.72. The lowest BCUT2D eigenvalue weighted by molar-refractivity contribution is 0.411. The summed E-state index contributed by atoms with van der Waals surface area (Å²) in [4.78, 5) is 4.81. The van der Waals surface area contributed by atoms with Crippen LogP contribution >= 0.6 is 0 Å². The van der Waals surface area contributed by atoms with Gasteiger partial charge in [0.25, 0.3) is 0 Å². The van der Waals surface area contributed by atoms with Crippen molar-refractivity contribution in [2.45, 2.75) is 64.8 Å². The minimum Gasteiger partial charge on any atom is -0.384 e. The highest BCUT2D eigenvalue weighted by Crippen LogP contribution is 2.40. The molecule has 1 aromatic rings. The molecule has 3 nitrogen and oxygen atoms in total. The van der Waals surface area contributed by atoms with Gasteiger partial charge in [-0.25, -0.2) is 4.98 Å². The van der Waals surface area contributed by atoms with E-state index in [0.717, 1.165) is 23.9 Å². The van der Waals surface area contributed by atoms with Gasteiger partial charge in [-0.05, 0) is 19.8 Å². The zero-order chi connectivity index (χ0) is 11.9. The number of hydrogen-bond acceptors (Lipinski definition) is 2. The van der Waals surface area contributed by atoms with E-state index in [1.54, 1.807) is 0 Å². The van der Waals surface area contributed by atoms with Crippen molar-refractivity contribution in [2.24, 2.45) is 0 Å². The third-order valence-electron chi connectivity index (χ3n) is 3.51. The van der Waals surface area contributed by atoms with E-state index in [1.807, 2.05) is 0 Å². The molecule has 0 radical (unpaired) electrons. The summed E-state index contributed by atoms with van der Waals surface area (Å²) >= 11 is 0. The summed E-state index contributed by atoms with van der Waals surface area (Å²) in [5.74, 6) is 2.65. The molecule has 0 bridgehead atoms. The summed E-state index contributed by atoms with van der Waals surface area (Å²) in [7, 11) is 0. The molecule has 1 aromatic heterocycles. The van der Waals surface area contributed by atoms with Crippen molar-refractivity contribution < 1.29 is 0 Å². The summed E-state index contributed by atoms with van der Waals surface area (Å²) in [5.41, 5.74) is 7.45. The van der Waals surface area contributed by atoms with Crippen molar-refractivity contribution in [2.75, 3.05) is 5.73 Å². The zero-order valence-electron chi connectivity index (χ0n) is 10.9. The summed E-state index contributed by atoms with van der Waals surface area (Å²) in [5, 5.41) is 0. The van der Waals surface area contributed by atoms with Crippen LogP contribution in [0.1, 0.15) is 64.4 Å². The lowest BCUT2D eigenvalue weighted by Crippen LogP contribution is -2.19. The molecule has 16 heavy (non-hydrogen) atoms. The maximum Gasteiger partial charge on any atom is 0.127 e. The van der Waals surface area contributed by atoms with Crippen LogP contribution in [-0.2, 0) is 12.0 Å². The van der Waals surface area contributed by atoms with Crippen molar-refractivity contribution in [1.29, 1.82) is 0 Å². The fourth-order valence-corrected chi connectivity index (χ4v) is 2.36. The van der Waals surface area contributed by atoms with Crippen molar-refractivity contribution >= 4 is 5.82 Å².